The van der Waals surface area contributed by atoms with Gasteiger partial charge in [-0.1, -0.05) is 0 Å². The van der Waals surface area contributed by atoms with Gasteiger partial charge in [-0.15, -0.1) is 11.8 Å². The number of aromatic nitrogens is 2. The Kier molecular flexibility index (Phi) is 7.86. The number of aliphatic hydroxyl groups excluding tert-OH is 4. The summed E-state index contributed by atoms with van der Waals surface area (Å²) in [6.07, 6.45) is -4.40. The number of hydrogen-bond donors (Lipinski definition) is 7. The lowest BCUT2D eigenvalue weighted by molar-refractivity contribution is -0.0683. The Balaban J connectivity index is 0.00000361. The fraction of sp³-hybridized carbons (Fsp3) is 0.556. The van der Waals surface area contributed by atoms with Crippen LogP contribution in [0.4, 0.5) is 5.69 Å². The first-order chi connectivity index (χ1) is 8.86. The van der Waals surface area contributed by atoms with E-state index in [4.69, 9.17) is 15.9 Å². The summed E-state index contributed by atoms with van der Waals surface area (Å²) >= 11 is 0.836. The highest BCUT2D eigenvalue weighted by atomic mass is 35.5. The van der Waals surface area contributed by atoms with Crippen LogP contribution in [-0.4, -0.2) is 61.1 Å². The summed E-state index contributed by atoms with van der Waals surface area (Å²) in [5.74, 6) is -0.137. The van der Waals surface area contributed by atoms with E-state index in [9.17, 15) is 19.8 Å². The van der Waals surface area contributed by atoms with Gasteiger partial charge in [0.05, 0.1) is 12.7 Å². The number of thioether (sulfide) groups is 1. The second-order valence-electron chi connectivity index (χ2n) is 3.77. The molecule has 0 amide bonds. The number of aromatic amines is 2. The van der Waals surface area contributed by atoms with E-state index in [0.29, 0.717) is 0 Å². The Bertz CT molecular complexity index is 535. The van der Waals surface area contributed by atoms with Gasteiger partial charge in [-0.3, -0.25) is 9.78 Å². The monoisotopic (exact) mass is 328 g/mol. The van der Waals surface area contributed by atoms with Crippen molar-refractivity contribution in [3.8, 4) is 0 Å². The van der Waals surface area contributed by atoms with Gasteiger partial charge in [0.2, 0.25) is 0 Å². The second kappa shape index (κ2) is 8.29. The maximum absolute atomic E-state index is 11.2. The summed E-state index contributed by atoms with van der Waals surface area (Å²) in [6, 6.07) is 0. The van der Waals surface area contributed by atoms with E-state index in [-0.39, 0.29) is 28.9 Å². The van der Waals surface area contributed by atoms with Crippen LogP contribution in [0.5, 0.6) is 0 Å². The lowest BCUT2D eigenvalue weighted by Gasteiger charge is -2.21. The van der Waals surface area contributed by atoms with Crippen molar-refractivity contribution in [3.05, 3.63) is 20.8 Å². The summed E-state index contributed by atoms with van der Waals surface area (Å²) in [5.41, 5.74) is 3.72. The first kappa shape index (κ1) is 19.0. The van der Waals surface area contributed by atoms with E-state index < -0.39 is 36.2 Å². The predicted octanol–water partition coefficient (Wildman–Crippen LogP) is -6.18. The van der Waals surface area contributed by atoms with Crippen molar-refractivity contribution in [2.75, 3.05) is 18.1 Å². The minimum Gasteiger partial charge on any atom is -1.00 e. The second-order valence-corrected chi connectivity index (χ2v) is 4.80. The molecule has 8 N–H and O–H groups in total. The molecule has 0 saturated carbocycles. The molecule has 1 aromatic heterocycles. The van der Waals surface area contributed by atoms with E-state index in [0.717, 1.165) is 11.8 Å². The maximum atomic E-state index is 11.2. The van der Waals surface area contributed by atoms with Gasteiger partial charge in [0.15, 0.2) is 0 Å². The normalized spacial score (nSPS) is 15.2. The lowest BCUT2D eigenvalue weighted by atomic mass is 10.1. The van der Waals surface area contributed by atoms with E-state index in [1.165, 1.54) is 0 Å². The average molecular weight is 329 g/mol. The van der Waals surface area contributed by atoms with Crippen molar-refractivity contribution in [2.24, 2.45) is 0 Å². The molecule has 1 heterocycles. The van der Waals surface area contributed by atoms with E-state index in [2.05, 4.69) is 4.98 Å². The Morgan fingerprint density at radius 2 is 1.75 bits per heavy atom. The highest BCUT2D eigenvalue weighted by molar-refractivity contribution is 7.99. The fourth-order valence-electron chi connectivity index (χ4n) is 1.22. The Labute approximate surface area is 123 Å². The first-order valence-electron chi connectivity index (χ1n) is 5.26. The number of nitrogens with one attached hydrogen (secondary N) is 2. The summed E-state index contributed by atoms with van der Waals surface area (Å²) in [4.78, 5) is 26.4. The zero-order chi connectivity index (χ0) is 14.6. The van der Waals surface area contributed by atoms with Gasteiger partial charge in [0, 0.05) is 5.75 Å². The van der Waals surface area contributed by atoms with Crippen LogP contribution in [0.2, 0.25) is 0 Å². The third kappa shape index (κ3) is 4.81. The molecule has 0 fully saturated rings. The highest BCUT2D eigenvalue weighted by Crippen LogP contribution is 2.20. The Morgan fingerprint density at radius 3 is 2.30 bits per heavy atom. The average Bonchev–Trinajstić information content (AvgIpc) is 2.38. The van der Waals surface area contributed by atoms with Gasteiger partial charge in [-0.2, -0.15) is 0 Å². The van der Waals surface area contributed by atoms with E-state index in [1.54, 1.807) is 0 Å². The van der Waals surface area contributed by atoms with Crippen LogP contribution in [0.3, 0.4) is 0 Å². The molecule has 0 aromatic carbocycles. The summed E-state index contributed by atoms with van der Waals surface area (Å²) in [7, 11) is 0. The van der Waals surface area contributed by atoms with Gasteiger partial charge >= 0.3 is 5.69 Å². The number of rotatable bonds is 6. The molecule has 0 bridgehead atoms. The van der Waals surface area contributed by atoms with Crippen LogP contribution in [0, 0.1) is 0 Å². The third-order valence-electron chi connectivity index (χ3n) is 2.32. The molecule has 1 aromatic rings. The largest absolute Gasteiger partial charge is 1.00 e. The number of anilines is 1. The summed E-state index contributed by atoms with van der Waals surface area (Å²) < 4.78 is 0. The number of halogens is 1. The van der Waals surface area contributed by atoms with Gasteiger partial charge in [-0.25, -0.2) is 4.79 Å². The molecule has 0 aliphatic rings. The molecule has 3 atom stereocenters. The number of nitrogens with two attached hydrogens (primary N) is 1. The minimum atomic E-state index is -1.55. The molecule has 0 saturated heterocycles. The van der Waals surface area contributed by atoms with Crippen molar-refractivity contribution >= 4 is 17.4 Å². The van der Waals surface area contributed by atoms with Crippen LogP contribution < -0.4 is 29.4 Å². The van der Waals surface area contributed by atoms with Gasteiger partial charge < -0.3 is 43.6 Å². The van der Waals surface area contributed by atoms with E-state index in [1.807, 2.05) is 4.98 Å². The third-order valence-corrected chi connectivity index (χ3v) is 3.44. The maximum Gasteiger partial charge on any atom is 0.326 e. The molecular formula is C9H15ClN3O6S-. The van der Waals surface area contributed by atoms with Gasteiger partial charge in [0.25, 0.3) is 5.56 Å². The molecule has 0 radical (unpaired) electrons. The molecule has 0 aliphatic heterocycles. The van der Waals surface area contributed by atoms with Crippen molar-refractivity contribution in [2.45, 2.75) is 23.3 Å². The Hall–Kier alpha value is -1.04. The van der Waals surface area contributed by atoms with Crippen molar-refractivity contribution in [1.29, 1.82) is 0 Å². The predicted molar refractivity (Wildman–Crippen MR) is 67.9 cm³/mol. The Morgan fingerprint density at radius 1 is 1.15 bits per heavy atom. The van der Waals surface area contributed by atoms with Crippen LogP contribution in [-0.2, 0) is 0 Å². The van der Waals surface area contributed by atoms with Crippen molar-refractivity contribution in [3.63, 3.8) is 0 Å². The quantitative estimate of drug-likeness (QED) is 0.199. The van der Waals surface area contributed by atoms with Crippen molar-refractivity contribution < 1.29 is 32.8 Å². The van der Waals surface area contributed by atoms with Crippen LogP contribution in [0.15, 0.2) is 14.6 Å². The molecule has 116 valence electrons. The lowest BCUT2D eigenvalue weighted by Crippen LogP contribution is -3.00. The topological polar surface area (TPSA) is 173 Å². The molecule has 11 heteroatoms. The molecule has 20 heavy (non-hydrogen) atoms. The molecular weight excluding hydrogens is 314 g/mol. The first-order valence-corrected chi connectivity index (χ1v) is 6.25. The van der Waals surface area contributed by atoms with E-state index >= 15 is 0 Å². The zero-order valence-electron chi connectivity index (χ0n) is 10.1. The molecule has 0 unspecified atom stereocenters. The zero-order valence-corrected chi connectivity index (χ0v) is 11.7. The summed E-state index contributed by atoms with van der Waals surface area (Å²) in [6.45, 7) is -0.702. The van der Waals surface area contributed by atoms with Crippen LogP contribution in [0.25, 0.3) is 0 Å². The van der Waals surface area contributed by atoms with Gasteiger partial charge in [-0.05, 0) is 0 Å². The van der Waals surface area contributed by atoms with Gasteiger partial charge in [0.1, 0.15) is 22.9 Å². The van der Waals surface area contributed by atoms with Crippen LogP contribution in [0.1, 0.15) is 0 Å². The molecule has 1 rings (SSSR count). The SMILES string of the molecule is Nc1c(SC[C@H](O)[C@H](O)[C@H](O)CO)[nH]c(=O)[nH]c1=O.[Cl-]. The number of aliphatic hydroxyl groups is 4. The molecule has 0 aliphatic carbocycles. The fourth-order valence-corrected chi connectivity index (χ4v) is 2.17. The summed E-state index contributed by atoms with van der Waals surface area (Å²) in [5, 5.41) is 36.7. The highest BCUT2D eigenvalue weighted by Gasteiger charge is 2.24. The standard InChI is InChI=1S/C9H15N3O6S.ClH/c10-5-7(17)11-9(18)12-8(5)19-2-4(15)6(16)3(14)1-13;/h3-4,6,13-16H,1-2,10H2,(H2,11,12,17,18);1H/p-1/t3-,4+,6-;/m1./s1. The molecule has 0 spiro atoms. The van der Waals surface area contributed by atoms with Crippen molar-refractivity contribution in [1.82, 2.24) is 9.97 Å². The number of nitrogen functional groups attached to an aromatic ring is 1. The number of hydrogen-bond acceptors (Lipinski definition) is 8. The molecule has 9 nitrogen and oxygen atoms in total. The minimum absolute atomic E-state index is 0. The number of H-pyrrole nitrogens is 2. The smallest absolute Gasteiger partial charge is 0.326 e. The van der Waals surface area contributed by atoms with Crippen LogP contribution >= 0.6 is 11.8 Å².